The number of rotatable bonds is 2. The maximum Gasteiger partial charge on any atom is 0.127 e. The van der Waals surface area contributed by atoms with Crippen molar-refractivity contribution in [1.29, 1.82) is 0 Å². The zero-order valence-corrected chi connectivity index (χ0v) is 10.4. The Balaban J connectivity index is 4.07. The first-order chi connectivity index (χ1) is 3.71. The first kappa shape index (κ1) is 11.5. The van der Waals surface area contributed by atoms with E-state index in [0.29, 0.717) is 0 Å². The van der Waals surface area contributed by atoms with Crippen LogP contribution in [0.15, 0.2) is 0 Å². The zero-order valence-electron chi connectivity index (χ0n) is 3.93. The van der Waals surface area contributed by atoms with Gasteiger partial charge in [-0.25, -0.2) is 0 Å². The molecule has 0 amide bonds. The molecule has 56 valence electrons. The Hall–Kier alpha value is 2.46. The van der Waals surface area contributed by atoms with Crippen LogP contribution in [-0.4, -0.2) is 5.90 Å². The molecule has 0 aromatic rings. The molecular formula is CH2Cl4P2S2. The highest BCUT2D eigenvalue weighted by Crippen LogP contribution is 2.72. The highest BCUT2D eigenvalue weighted by Gasteiger charge is 2.19. The first-order valence-electron chi connectivity index (χ1n) is 1.67. The molecule has 0 radical (unpaired) electrons. The smallest absolute Gasteiger partial charge is 0.0679 e. The van der Waals surface area contributed by atoms with E-state index in [1.807, 2.05) is 0 Å². The van der Waals surface area contributed by atoms with E-state index in [1.165, 1.54) is 0 Å². The standard InChI is InChI=1S/CH2Cl4P2S2/c2-6(3,8)1-7(4,5)9/h1H2. The molecule has 9 heavy (non-hydrogen) atoms. The van der Waals surface area contributed by atoms with Gasteiger partial charge in [0.25, 0.3) is 0 Å². The quantitative estimate of drug-likeness (QED) is 0.683. The summed E-state index contributed by atoms with van der Waals surface area (Å²) in [5.74, 6) is 0.205. The van der Waals surface area contributed by atoms with Crippen molar-refractivity contribution >= 4 is 78.1 Å². The van der Waals surface area contributed by atoms with Crippen molar-refractivity contribution in [2.24, 2.45) is 0 Å². The summed E-state index contributed by atoms with van der Waals surface area (Å²) in [4.78, 5) is 0. The predicted molar refractivity (Wildman–Crippen MR) is 56.8 cm³/mol. The van der Waals surface area contributed by atoms with E-state index in [4.69, 9.17) is 45.0 Å². The lowest BCUT2D eigenvalue weighted by atomic mass is 11.9. The van der Waals surface area contributed by atoms with Crippen LogP contribution in [0.1, 0.15) is 0 Å². The second kappa shape index (κ2) is 3.92. The zero-order chi connectivity index (χ0) is 7.71. The molecule has 0 aromatic carbocycles. The number of hydrogen-bond donors (Lipinski definition) is 0. The van der Waals surface area contributed by atoms with Crippen molar-refractivity contribution in [3.8, 4) is 0 Å². The van der Waals surface area contributed by atoms with Crippen LogP contribution in [-0.2, 0) is 23.6 Å². The van der Waals surface area contributed by atoms with Gasteiger partial charge >= 0.3 is 0 Å². The largest absolute Gasteiger partial charge is 0.127 e. The lowest BCUT2D eigenvalue weighted by molar-refractivity contribution is 2.26. The summed E-state index contributed by atoms with van der Waals surface area (Å²) < 4.78 is -4.66. The minimum Gasteiger partial charge on any atom is -0.0679 e. The van der Waals surface area contributed by atoms with Crippen molar-refractivity contribution in [1.82, 2.24) is 0 Å². The van der Waals surface area contributed by atoms with Gasteiger partial charge in [0.15, 0.2) is 0 Å². The normalized spacial score (nSPS) is 13.8. The Bertz CT molecular complexity index is 157. The molecule has 0 atom stereocenters. The SMILES string of the molecule is S=P(Cl)(Cl)CP(=S)(Cl)Cl. The second-order valence-corrected chi connectivity index (χ2v) is 18.8. The fourth-order valence-corrected chi connectivity index (χ4v) is 15.5. The van der Waals surface area contributed by atoms with Gasteiger partial charge in [0.05, 0.1) is 5.90 Å². The lowest BCUT2D eigenvalue weighted by Crippen LogP contribution is -1.66. The van der Waals surface area contributed by atoms with Crippen LogP contribution in [0, 0.1) is 0 Å². The van der Waals surface area contributed by atoms with Crippen LogP contribution in [0.3, 0.4) is 0 Å². The molecular weight excluding hydrogens is 280 g/mol. The summed E-state index contributed by atoms with van der Waals surface area (Å²) in [5, 5.41) is 0. The van der Waals surface area contributed by atoms with Gasteiger partial charge in [-0.2, -0.15) is 0 Å². The van der Waals surface area contributed by atoms with Crippen LogP contribution in [0.2, 0.25) is 0 Å². The van der Waals surface area contributed by atoms with Crippen LogP contribution in [0.5, 0.6) is 0 Å². The third-order valence-electron chi connectivity index (χ3n) is 0.329. The lowest BCUT2D eigenvalue weighted by Gasteiger charge is -2.06. The predicted octanol–water partition coefficient (Wildman–Crippen LogP) is 4.52. The molecule has 0 aliphatic heterocycles. The van der Waals surface area contributed by atoms with Crippen LogP contribution in [0.4, 0.5) is 0 Å². The average molecular weight is 282 g/mol. The number of hydrogen-bond acceptors (Lipinski definition) is 2. The molecule has 8 heteroatoms. The Morgan fingerprint density at radius 1 is 0.889 bits per heavy atom. The minimum absolute atomic E-state index is 0.205. The molecule has 0 unspecified atom stereocenters. The Labute approximate surface area is 83.4 Å². The third-order valence-corrected chi connectivity index (χ3v) is 8.89. The van der Waals surface area contributed by atoms with Crippen molar-refractivity contribution in [3.05, 3.63) is 0 Å². The van der Waals surface area contributed by atoms with Gasteiger partial charge in [-0.15, -0.1) is 0 Å². The van der Waals surface area contributed by atoms with Crippen molar-refractivity contribution < 1.29 is 0 Å². The molecule has 0 aromatic heterocycles. The summed E-state index contributed by atoms with van der Waals surface area (Å²) >= 11 is 31.3. The molecule has 0 rings (SSSR count). The van der Waals surface area contributed by atoms with Crippen LogP contribution < -0.4 is 0 Å². The van der Waals surface area contributed by atoms with Crippen molar-refractivity contribution in [2.75, 3.05) is 5.90 Å². The van der Waals surface area contributed by atoms with E-state index in [2.05, 4.69) is 23.6 Å². The van der Waals surface area contributed by atoms with Crippen LogP contribution >= 0.6 is 54.4 Å². The van der Waals surface area contributed by atoms with Gasteiger partial charge in [-0.3, -0.25) is 0 Å². The molecule has 0 saturated carbocycles. The van der Waals surface area contributed by atoms with E-state index in [9.17, 15) is 0 Å². The third kappa shape index (κ3) is 10.5. The van der Waals surface area contributed by atoms with Gasteiger partial charge in [-0.05, 0) is 0 Å². The van der Waals surface area contributed by atoms with Crippen molar-refractivity contribution in [3.63, 3.8) is 0 Å². The fourth-order valence-electron chi connectivity index (χ4n) is 0.192. The number of halogens is 4. The van der Waals surface area contributed by atoms with Crippen LogP contribution in [0.25, 0.3) is 0 Å². The second-order valence-electron chi connectivity index (χ2n) is 1.28. The molecule has 0 spiro atoms. The first-order valence-corrected chi connectivity index (χ1v) is 11.3. The average Bonchev–Trinajstić information content (AvgIpc) is 1.14. The monoisotopic (exact) mass is 280 g/mol. The molecule has 0 nitrogen and oxygen atoms in total. The van der Waals surface area contributed by atoms with E-state index >= 15 is 0 Å². The van der Waals surface area contributed by atoms with E-state index < -0.39 is 9.49 Å². The molecule has 0 aliphatic carbocycles. The van der Waals surface area contributed by atoms with Gasteiger partial charge in [0.2, 0.25) is 0 Å². The summed E-state index contributed by atoms with van der Waals surface area (Å²) in [6.45, 7) is 0. The van der Waals surface area contributed by atoms with Gasteiger partial charge in [-0.1, -0.05) is 68.6 Å². The van der Waals surface area contributed by atoms with E-state index in [-0.39, 0.29) is 5.90 Å². The maximum absolute atomic E-state index is 5.50. The minimum atomic E-state index is -2.33. The Kier molecular flexibility index (Phi) is 4.99. The maximum atomic E-state index is 5.50. The Morgan fingerprint density at radius 3 is 1.11 bits per heavy atom. The molecule has 0 aliphatic rings. The van der Waals surface area contributed by atoms with Gasteiger partial charge < -0.3 is 0 Å². The summed E-state index contributed by atoms with van der Waals surface area (Å²) in [7, 11) is 0. The highest BCUT2D eigenvalue weighted by molar-refractivity contribution is 8.48. The molecule has 0 bridgehead atoms. The molecule has 0 N–H and O–H groups in total. The van der Waals surface area contributed by atoms with Crippen molar-refractivity contribution in [2.45, 2.75) is 0 Å². The van der Waals surface area contributed by atoms with Gasteiger partial charge in [0.1, 0.15) is 9.49 Å². The summed E-state index contributed by atoms with van der Waals surface area (Å²) in [5.41, 5.74) is 0. The van der Waals surface area contributed by atoms with Gasteiger partial charge in [0, 0.05) is 0 Å². The fraction of sp³-hybridized carbons (Fsp3) is 1.00. The van der Waals surface area contributed by atoms with E-state index in [1.54, 1.807) is 0 Å². The topological polar surface area (TPSA) is 0 Å². The Morgan fingerprint density at radius 2 is 1.11 bits per heavy atom. The van der Waals surface area contributed by atoms with E-state index in [0.717, 1.165) is 0 Å². The summed E-state index contributed by atoms with van der Waals surface area (Å²) in [6, 6.07) is 0. The molecule has 0 heterocycles. The highest BCUT2D eigenvalue weighted by atomic mass is 35.9. The molecule has 0 fully saturated rings. The molecule has 0 saturated heterocycles. The summed E-state index contributed by atoms with van der Waals surface area (Å²) in [6.07, 6.45) is 0.